The maximum Gasteiger partial charge on any atom is 0.258 e. The number of morpholine rings is 1. The number of amides is 1. The molecular weight excluding hydrogens is 330 g/mol. The predicted octanol–water partition coefficient (Wildman–Crippen LogP) is 2.44. The number of anilines is 1. The molecule has 1 saturated heterocycles. The number of halogens is 2. The van der Waals surface area contributed by atoms with E-state index in [1.54, 1.807) is 0 Å². The highest BCUT2D eigenvalue weighted by Crippen LogP contribution is 2.22. The molecule has 0 aliphatic carbocycles. The van der Waals surface area contributed by atoms with E-state index in [9.17, 15) is 18.7 Å². The molecule has 1 aliphatic heterocycles. The SMILES string of the molecule is O=C(NCc1ccc(N2CCOCC2)cc1)c1c(O)cc(F)cc1F. The second-order valence-electron chi connectivity index (χ2n) is 5.73. The van der Waals surface area contributed by atoms with Gasteiger partial charge in [0.05, 0.1) is 13.2 Å². The lowest BCUT2D eigenvalue weighted by Gasteiger charge is -2.28. The van der Waals surface area contributed by atoms with Gasteiger partial charge in [-0.2, -0.15) is 0 Å². The molecule has 1 aliphatic rings. The van der Waals surface area contributed by atoms with Crippen LogP contribution in [0.25, 0.3) is 0 Å². The fourth-order valence-electron chi connectivity index (χ4n) is 2.70. The van der Waals surface area contributed by atoms with E-state index in [0.717, 1.165) is 24.3 Å². The van der Waals surface area contributed by atoms with Crippen molar-refractivity contribution < 1.29 is 23.4 Å². The summed E-state index contributed by atoms with van der Waals surface area (Å²) in [5.74, 6) is -3.56. The number of ether oxygens (including phenoxy) is 1. The van der Waals surface area contributed by atoms with Crippen LogP contribution in [0.3, 0.4) is 0 Å². The van der Waals surface area contributed by atoms with Gasteiger partial charge in [0, 0.05) is 37.5 Å². The molecule has 7 heteroatoms. The predicted molar refractivity (Wildman–Crippen MR) is 88.7 cm³/mol. The number of nitrogens with one attached hydrogen (secondary N) is 1. The molecule has 2 aromatic rings. The maximum absolute atomic E-state index is 13.7. The first-order valence-electron chi connectivity index (χ1n) is 7.92. The van der Waals surface area contributed by atoms with Crippen LogP contribution in [0.1, 0.15) is 15.9 Å². The number of phenolic OH excluding ortho intramolecular Hbond substituents is 1. The van der Waals surface area contributed by atoms with Gasteiger partial charge in [0.25, 0.3) is 5.91 Å². The van der Waals surface area contributed by atoms with E-state index in [1.807, 2.05) is 24.3 Å². The second-order valence-corrected chi connectivity index (χ2v) is 5.73. The third kappa shape index (κ3) is 4.06. The Hall–Kier alpha value is -2.67. The average Bonchev–Trinajstić information content (AvgIpc) is 2.60. The monoisotopic (exact) mass is 348 g/mol. The Morgan fingerprint density at radius 1 is 1.16 bits per heavy atom. The number of benzene rings is 2. The van der Waals surface area contributed by atoms with Gasteiger partial charge in [0.2, 0.25) is 0 Å². The number of hydrogen-bond acceptors (Lipinski definition) is 4. The van der Waals surface area contributed by atoms with Crippen molar-refractivity contribution in [3.8, 4) is 5.75 Å². The molecule has 132 valence electrons. The van der Waals surface area contributed by atoms with Crippen LogP contribution in [0.5, 0.6) is 5.75 Å². The Morgan fingerprint density at radius 2 is 1.84 bits per heavy atom. The highest BCUT2D eigenvalue weighted by Gasteiger charge is 2.18. The summed E-state index contributed by atoms with van der Waals surface area (Å²) in [6, 6.07) is 8.89. The fourth-order valence-corrected chi connectivity index (χ4v) is 2.70. The van der Waals surface area contributed by atoms with E-state index in [0.29, 0.717) is 25.3 Å². The molecule has 0 atom stereocenters. The molecule has 3 rings (SSSR count). The van der Waals surface area contributed by atoms with Crippen LogP contribution in [-0.2, 0) is 11.3 Å². The Balaban J connectivity index is 1.62. The summed E-state index contributed by atoms with van der Waals surface area (Å²) in [4.78, 5) is 14.2. The Bertz CT molecular complexity index is 736. The average molecular weight is 348 g/mol. The van der Waals surface area contributed by atoms with Crippen molar-refractivity contribution in [2.45, 2.75) is 6.54 Å². The van der Waals surface area contributed by atoms with Crippen molar-refractivity contribution in [1.29, 1.82) is 0 Å². The first kappa shape index (κ1) is 17.2. The van der Waals surface area contributed by atoms with E-state index in [1.165, 1.54) is 0 Å². The number of hydrogen-bond donors (Lipinski definition) is 2. The number of carbonyl (C=O) groups excluding carboxylic acids is 1. The summed E-state index contributed by atoms with van der Waals surface area (Å²) in [5, 5.41) is 12.1. The molecule has 1 fully saturated rings. The molecule has 1 heterocycles. The van der Waals surface area contributed by atoms with Gasteiger partial charge in [-0.15, -0.1) is 0 Å². The number of phenols is 1. The first-order valence-corrected chi connectivity index (χ1v) is 7.92. The van der Waals surface area contributed by atoms with Gasteiger partial charge in [-0.05, 0) is 17.7 Å². The Kier molecular flexibility index (Phi) is 5.14. The zero-order valence-corrected chi connectivity index (χ0v) is 13.5. The Morgan fingerprint density at radius 3 is 2.48 bits per heavy atom. The molecule has 0 bridgehead atoms. The van der Waals surface area contributed by atoms with Crippen molar-refractivity contribution in [1.82, 2.24) is 5.32 Å². The van der Waals surface area contributed by atoms with E-state index in [-0.39, 0.29) is 6.54 Å². The fraction of sp³-hybridized carbons (Fsp3) is 0.278. The molecule has 0 saturated carbocycles. The minimum Gasteiger partial charge on any atom is -0.507 e. The lowest BCUT2D eigenvalue weighted by Crippen LogP contribution is -2.36. The van der Waals surface area contributed by atoms with Gasteiger partial charge in [-0.1, -0.05) is 12.1 Å². The number of rotatable bonds is 4. The lowest BCUT2D eigenvalue weighted by molar-refractivity contribution is 0.0944. The van der Waals surface area contributed by atoms with Gasteiger partial charge in [0.15, 0.2) is 0 Å². The van der Waals surface area contributed by atoms with Crippen molar-refractivity contribution in [2.24, 2.45) is 0 Å². The van der Waals surface area contributed by atoms with Gasteiger partial charge in [-0.3, -0.25) is 4.79 Å². The van der Waals surface area contributed by atoms with E-state index < -0.39 is 28.9 Å². The molecule has 0 unspecified atom stereocenters. The van der Waals surface area contributed by atoms with Crippen LogP contribution in [0.15, 0.2) is 36.4 Å². The topological polar surface area (TPSA) is 61.8 Å². The summed E-state index contributed by atoms with van der Waals surface area (Å²) in [5.41, 5.74) is 1.33. The summed E-state index contributed by atoms with van der Waals surface area (Å²) in [6.07, 6.45) is 0. The Labute approximate surface area is 143 Å². The second kappa shape index (κ2) is 7.48. The largest absolute Gasteiger partial charge is 0.507 e. The van der Waals surface area contributed by atoms with Gasteiger partial charge in [0.1, 0.15) is 22.9 Å². The molecule has 5 nitrogen and oxygen atoms in total. The molecule has 25 heavy (non-hydrogen) atoms. The summed E-state index contributed by atoms with van der Waals surface area (Å²) in [7, 11) is 0. The van der Waals surface area contributed by atoms with Gasteiger partial charge < -0.3 is 20.1 Å². The maximum atomic E-state index is 13.7. The van der Waals surface area contributed by atoms with Crippen LogP contribution in [0.4, 0.5) is 14.5 Å². The normalized spacial score (nSPS) is 14.4. The molecule has 0 spiro atoms. The summed E-state index contributed by atoms with van der Waals surface area (Å²) in [6.45, 7) is 3.23. The molecule has 2 aromatic carbocycles. The van der Waals surface area contributed by atoms with Crippen LogP contribution in [0.2, 0.25) is 0 Å². The highest BCUT2D eigenvalue weighted by atomic mass is 19.1. The van der Waals surface area contributed by atoms with Gasteiger partial charge >= 0.3 is 0 Å². The molecule has 1 amide bonds. The molecular formula is C18H18F2N2O3. The minimum atomic E-state index is -1.10. The van der Waals surface area contributed by atoms with Crippen LogP contribution < -0.4 is 10.2 Å². The zero-order chi connectivity index (χ0) is 17.8. The number of nitrogens with zero attached hydrogens (tertiary/aromatic N) is 1. The van der Waals surface area contributed by atoms with Crippen molar-refractivity contribution in [3.05, 3.63) is 59.2 Å². The van der Waals surface area contributed by atoms with Crippen LogP contribution >= 0.6 is 0 Å². The third-order valence-corrected chi connectivity index (χ3v) is 4.03. The van der Waals surface area contributed by atoms with E-state index in [2.05, 4.69) is 10.2 Å². The quantitative estimate of drug-likeness (QED) is 0.891. The van der Waals surface area contributed by atoms with Crippen LogP contribution in [0, 0.1) is 11.6 Å². The van der Waals surface area contributed by atoms with Crippen molar-refractivity contribution in [2.75, 3.05) is 31.2 Å². The van der Waals surface area contributed by atoms with E-state index in [4.69, 9.17) is 4.74 Å². The standard InChI is InChI=1S/C18H18F2N2O3/c19-13-9-15(20)17(16(23)10-13)18(24)21-11-12-1-3-14(4-2-12)22-5-7-25-8-6-22/h1-4,9-10,23H,5-8,11H2,(H,21,24). The first-order chi connectivity index (χ1) is 12.0. The third-order valence-electron chi connectivity index (χ3n) is 4.03. The van der Waals surface area contributed by atoms with Crippen LogP contribution in [-0.4, -0.2) is 37.3 Å². The smallest absolute Gasteiger partial charge is 0.258 e. The zero-order valence-electron chi connectivity index (χ0n) is 13.5. The molecule has 0 radical (unpaired) electrons. The lowest BCUT2D eigenvalue weighted by atomic mass is 10.1. The van der Waals surface area contributed by atoms with Crippen molar-refractivity contribution >= 4 is 11.6 Å². The summed E-state index contributed by atoms with van der Waals surface area (Å²) < 4.78 is 32.0. The molecule has 0 aromatic heterocycles. The van der Waals surface area contributed by atoms with E-state index >= 15 is 0 Å². The highest BCUT2D eigenvalue weighted by molar-refractivity contribution is 5.97. The van der Waals surface area contributed by atoms with Crippen molar-refractivity contribution in [3.63, 3.8) is 0 Å². The van der Waals surface area contributed by atoms with Gasteiger partial charge in [-0.25, -0.2) is 8.78 Å². The number of aromatic hydroxyl groups is 1. The minimum absolute atomic E-state index is 0.165. The number of carbonyl (C=O) groups is 1. The molecule has 2 N–H and O–H groups in total. The summed E-state index contributed by atoms with van der Waals surface area (Å²) >= 11 is 0.